The molecule has 1 fully saturated rings. The fourth-order valence-corrected chi connectivity index (χ4v) is 3.89. The van der Waals surface area contributed by atoms with E-state index in [1.54, 1.807) is 30.3 Å². The Bertz CT molecular complexity index is 838. The molecule has 0 aromatic heterocycles. The highest BCUT2D eigenvalue weighted by molar-refractivity contribution is 7.89. The first-order valence-electron chi connectivity index (χ1n) is 7.55. The van der Waals surface area contributed by atoms with E-state index in [4.69, 9.17) is 0 Å². The zero-order valence-corrected chi connectivity index (χ0v) is 13.6. The summed E-state index contributed by atoms with van der Waals surface area (Å²) in [6.45, 7) is -0.306. The highest BCUT2D eigenvalue weighted by Gasteiger charge is 2.45. The van der Waals surface area contributed by atoms with Gasteiger partial charge in [-0.1, -0.05) is 30.3 Å². The van der Waals surface area contributed by atoms with Gasteiger partial charge in [-0.2, -0.15) is 0 Å². The minimum absolute atomic E-state index is 0.0695. The van der Waals surface area contributed by atoms with Crippen LogP contribution in [0.3, 0.4) is 0 Å². The van der Waals surface area contributed by atoms with Crippen molar-refractivity contribution < 1.29 is 22.3 Å². The number of sulfonamides is 1. The molecule has 1 aliphatic rings. The van der Waals surface area contributed by atoms with E-state index in [1.807, 2.05) is 0 Å². The molecule has 1 atom stereocenters. The van der Waals surface area contributed by atoms with E-state index in [0.717, 1.165) is 25.0 Å². The maximum absolute atomic E-state index is 13.7. The Morgan fingerprint density at radius 1 is 1.12 bits per heavy atom. The molecule has 0 saturated heterocycles. The smallest absolute Gasteiger partial charge is 0.243 e. The summed E-state index contributed by atoms with van der Waals surface area (Å²) in [5, 5.41) is 11.0. The van der Waals surface area contributed by atoms with Crippen molar-refractivity contribution in [2.75, 3.05) is 6.54 Å². The van der Waals surface area contributed by atoms with Crippen LogP contribution in [0.1, 0.15) is 18.4 Å². The first-order valence-corrected chi connectivity index (χ1v) is 9.04. The van der Waals surface area contributed by atoms with Crippen LogP contribution in [-0.4, -0.2) is 20.1 Å². The van der Waals surface area contributed by atoms with Crippen LogP contribution in [0.5, 0.6) is 0 Å². The molecular weight excluding hydrogens is 336 g/mol. The van der Waals surface area contributed by atoms with Crippen molar-refractivity contribution in [2.24, 2.45) is 5.92 Å². The predicted molar refractivity (Wildman–Crippen MR) is 84.6 cm³/mol. The van der Waals surface area contributed by atoms with Gasteiger partial charge < -0.3 is 5.11 Å². The second-order valence-electron chi connectivity index (χ2n) is 5.96. The van der Waals surface area contributed by atoms with Gasteiger partial charge in [0.05, 0.1) is 0 Å². The van der Waals surface area contributed by atoms with Crippen molar-refractivity contribution in [1.29, 1.82) is 0 Å². The second kappa shape index (κ2) is 6.23. The lowest BCUT2D eigenvalue weighted by molar-refractivity contribution is 0.0185. The largest absolute Gasteiger partial charge is 0.383 e. The van der Waals surface area contributed by atoms with Gasteiger partial charge in [0.15, 0.2) is 0 Å². The minimum atomic E-state index is -4.29. The molecule has 2 aromatic carbocycles. The predicted octanol–water partition coefficient (Wildman–Crippen LogP) is 2.54. The first-order chi connectivity index (χ1) is 11.3. The van der Waals surface area contributed by atoms with Gasteiger partial charge >= 0.3 is 0 Å². The SMILES string of the molecule is O=S(=O)(NCC(O)(c1ccccc1)C1CC1)c1cc(F)ccc1F. The Morgan fingerprint density at radius 3 is 2.42 bits per heavy atom. The van der Waals surface area contributed by atoms with E-state index >= 15 is 0 Å². The van der Waals surface area contributed by atoms with Gasteiger partial charge in [-0.3, -0.25) is 0 Å². The molecule has 1 aliphatic carbocycles. The Hall–Kier alpha value is -1.83. The normalized spacial score (nSPS) is 17.5. The third-order valence-corrected chi connectivity index (χ3v) is 5.66. The van der Waals surface area contributed by atoms with E-state index in [2.05, 4.69) is 4.72 Å². The average molecular weight is 353 g/mol. The molecule has 0 spiro atoms. The second-order valence-corrected chi connectivity index (χ2v) is 7.70. The van der Waals surface area contributed by atoms with Crippen LogP contribution >= 0.6 is 0 Å². The molecule has 24 heavy (non-hydrogen) atoms. The number of hydrogen-bond donors (Lipinski definition) is 2. The summed E-state index contributed by atoms with van der Waals surface area (Å²) in [4.78, 5) is -0.770. The first kappa shape index (κ1) is 17.0. The van der Waals surface area contributed by atoms with Crippen molar-refractivity contribution in [3.8, 4) is 0 Å². The van der Waals surface area contributed by atoms with Gasteiger partial charge in [-0.15, -0.1) is 0 Å². The number of nitrogens with one attached hydrogen (secondary N) is 1. The third kappa shape index (κ3) is 3.33. The van der Waals surface area contributed by atoms with E-state index in [9.17, 15) is 22.3 Å². The van der Waals surface area contributed by atoms with Crippen molar-refractivity contribution in [1.82, 2.24) is 4.72 Å². The standard InChI is InChI=1S/C17H17F2NO3S/c18-14-8-9-15(19)16(10-14)24(22,23)20-11-17(21,13-6-7-13)12-4-2-1-3-5-12/h1-5,8-10,13,20-21H,6-7,11H2. The topological polar surface area (TPSA) is 66.4 Å². The zero-order chi connectivity index (χ0) is 17.4. The van der Waals surface area contributed by atoms with E-state index in [1.165, 1.54) is 0 Å². The lowest BCUT2D eigenvalue weighted by atomic mass is 9.89. The van der Waals surface area contributed by atoms with Crippen molar-refractivity contribution in [3.05, 3.63) is 65.7 Å². The molecular formula is C17H17F2NO3S. The van der Waals surface area contributed by atoms with Gasteiger partial charge in [-0.05, 0) is 42.5 Å². The van der Waals surface area contributed by atoms with E-state index in [0.29, 0.717) is 11.6 Å². The Labute approximate surface area is 139 Å². The van der Waals surface area contributed by atoms with Gasteiger partial charge in [0, 0.05) is 6.54 Å². The van der Waals surface area contributed by atoms with Crippen LogP contribution in [0.2, 0.25) is 0 Å². The van der Waals surface area contributed by atoms with Crippen LogP contribution in [0.4, 0.5) is 8.78 Å². The summed E-state index contributed by atoms with van der Waals surface area (Å²) >= 11 is 0. The molecule has 0 amide bonds. The number of hydrogen-bond acceptors (Lipinski definition) is 3. The van der Waals surface area contributed by atoms with Crippen LogP contribution < -0.4 is 4.72 Å². The summed E-state index contributed by atoms with van der Waals surface area (Å²) < 4.78 is 53.8. The number of benzene rings is 2. The highest BCUT2D eigenvalue weighted by atomic mass is 32.2. The van der Waals surface area contributed by atoms with Gasteiger partial charge in [0.25, 0.3) is 0 Å². The van der Waals surface area contributed by atoms with Crippen molar-refractivity contribution in [2.45, 2.75) is 23.3 Å². The van der Waals surface area contributed by atoms with E-state index in [-0.39, 0.29) is 12.5 Å². The number of halogens is 2. The third-order valence-electron chi connectivity index (χ3n) is 4.24. The fourth-order valence-electron chi connectivity index (χ4n) is 2.74. The van der Waals surface area contributed by atoms with Crippen LogP contribution in [0.15, 0.2) is 53.4 Å². The molecule has 3 rings (SSSR count). The minimum Gasteiger partial charge on any atom is -0.383 e. The zero-order valence-electron chi connectivity index (χ0n) is 12.7. The summed E-state index contributed by atoms with van der Waals surface area (Å²) in [5.41, 5.74) is -0.784. The molecule has 4 nitrogen and oxygen atoms in total. The number of aliphatic hydroxyl groups is 1. The van der Waals surface area contributed by atoms with Gasteiger partial charge in [0.2, 0.25) is 10.0 Å². The van der Waals surface area contributed by atoms with Crippen molar-refractivity contribution >= 4 is 10.0 Å². The summed E-state index contributed by atoms with van der Waals surface area (Å²) in [5.74, 6) is -1.96. The summed E-state index contributed by atoms with van der Waals surface area (Å²) in [6, 6.07) is 11.0. The Balaban J connectivity index is 1.86. The van der Waals surface area contributed by atoms with Gasteiger partial charge in [0.1, 0.15) is 22.1 Å². The maximum Gasteiger partial charge on any atom is 0.243 e. The van der Waals surface area contributed by atoms with E-state index < -0.39 is 32.2 Å². The molecule has 7 heteroatoms. The Morgan fingerprint density at radius 2 is 1.79 bits per heavy atom. The average Bonchev–Trinajstić information content (AvgIpc) is 3.41. The summed E-state index contributed by atoms with van der Waals surface area (Å²) in [7, 11) is -4.29. The monoisotopic (exact) mass is 353 g/mol. The lowest BCUT2D eigenvalue weighted by Gasteiger charge is -2.29. The maximum atomic E-state index is 13.7. The van der Waals surface area contributed by atoms with Crippen LogP contribution in [-0.2, 0) is 15.6 Å². The molecule has 2 aromatic rings. The lowest BCUT2D eigenvalue weighted by Crippen LogP contribution is -2.42. The molecule has 1 unspecified atom stereocenters. The molecule has 2 N–H and O–H groups in total. The quantitative estimate of drug-likeness (QED) is 0.839. The highest BCUT2D eigenvalue weighted by Crippen LogP contribution is 2.45. The summed E-state index contributed by atoms with van der Waals surface area (Å²) in [6.07, 6.45) is 1.56. The van der Waals surface area contributed by atoms with Crippen LogP contribution in [0.25, 0.3) is 0 Å². The number of rotatable bonds is 6. The van der Waals surface area contributed by atoms with Crippen molar-refractivity contribution in [3.63, 3.8) is 0 Å². The fraction of sp³-hybridized carbons (Fsp3) is 0.294. The molecule has 0 aliphatic heterocycles. The Kier molecular flexibility index (Phi) is 4.42. The molecule has 128 valence electrons. The molecule has 0 bridgehead atoms. The van der Waals surface area contributed by atoms with Gasteiger partial charge in [-0.25, -0.2) is 21.9 Å². The molecule has 1 saturated carbocycles. The van der Waals surface area contributed by atoms with Crippen LogP contribution in [0, 0.1) is 17.6 Å². The molecule has 0 radical (unpaired) electrons. The molecule has 0 heterocycles.